The van der Waals surface area contributed by atoms with Crippen LogP contribution in [0.1, 0.15) is 25.0 Å². The normalized spacial score (nSPS) is 10.8. The number of anilines is 1. The minimum atomic E-state index is -0.324. The molecule has 0 fully saturated rings. The second-order valence-corrected chi connectivity index (χ2v) is 6.19. The number of rotatable bonds is 8. The molecular formula is C20H24ClN3O2. The van der Waals surface area contributed by atoms with Gasteiger partial charge in [0, 0.05) is 23.8 Å². The fourth-order valence-corrected chi connectivity index (χ4v) is 2.72. The summed E-state index contributed by atoms with van der Waals surface area (Å²) < 4.78 is 5.47. The molecular weight excluding hydrogens is 350 g/mol. The molecule has 0 aliphatic rings. The summed E-state index contributed by atoms with van der Waals surface area (Å²) in [6, 6.07) is 13.3. The van der Waals surface area contributed by atoms with Crippen molar-refractivity contribution in [3.8, 4) is 5.75 Å². The lowest BCUT2D eigenvalue weighted by molar-refractivity contribution is -0.123. The maximum Gasteiger partial charge on any atom is 0.277 e. The maximum absolute atomic E-state index is 11.8. The van der Waals surface area contributed by atoms with Gasteiger partial charge in [-0.15, -0.1) is 0 Å². The number of carbonyl (C=O) groups excluding carboxylic acids is 1. The number of aryl methyl sites for hydroxylation is 1. The van der Waals surface area contributed by atoms with E-state index in [4.69, 9.17) is 16.3 Å². The van der Waals surface area contributed by atoms with Gasteiger partial charge in [0.1, 0.15) is 5.75 Å². The van der Waals surface area contributed by atoms with Crippen molar-refractivity contribution in [3.63, 3.8) is 0 Å². The quantitative estimate of drug-likeness (QED) is 0.561. The SMILES string of the molecule is CCN(CC)c1ccc(/C=N\NC(=O)COc2ccc(Cl)cc2C)cc1. The molecule has 0 aliphatic carbocycles. The number of halogens is 1. The second-order valence-electron chi connectivity index (χ2n) is 5.76. The van der Waals surface area contributed by atoms with Crippen LogP contribution >= 0.6 is 11.6 Å². The monoisotopic (exact) mass is 373 g/mol. The van der Waals surface area contributed by atoms with Gasteiger partial charge < -0.3 is 9.64 Å². The predicted octanol–water partition coefficient (Wildman–Crippen LogP) is 4.02. The third-order valence-corrected chi connectivity index (χ3v) is 4.16. The third-order valence-electron chi connectivity index (χ3n) is 3.92. The molecule has 0 bridgehead atoms. The Kier molecular flexibility index (Phi) is 7.48. The summed E-state index contributed by atoms with van der Waals surface area (Å²) >= 11 is 5.89. The molecule has 0 unspecified atom stereocenters. The molecule has 2 rings (SSSR count). The standard InChI is InChI=1S/C20H24ClN3O2/c1-4-24(5-2)18-9-6-16(7-10-18)13-22-23-20(25)14-26-19-11-8-17(21)12-15(19)3/h6-13H,4-5,14H2,1-3H3,(H,23,25)/b22-13-. The molecule has 0 radical (unpaired) electrons. The number of nitrogens with zero attached hydrogens (tertiary/aromatic N) is 2. The van der Waals surface area contributed by atoms with Crippen molar-refractivity contribution in [3.05, 3.63) is 58.6 Å². The van der Waals surface area contributed by atoms with Crippen LogP contribution in [0.3, 0.4) is 0 Å². The molecule has 138 valence electrons. The van der Waals surface area contributed by atoms with Gasteiger partial charge in [0.25, 0.3) is 5.91 Å². The molecule has 2 aromatic rings. The first-order chi connectivity index (χ1) is 12.5. The molecule has 2 aromatic carbocycles. The number of benzene rings is 2. The fraction of sp³-hybridized carbons (Fsp3) is 0.300. The van der Waals surface area contributed by atoms with Crippen LogP contribution < -0.4 is 15.1 Å². The van der Waals surface area contributed by atoms with E-state index in [-0.39, 0.29) is 12.5 Å². The van der Waals surface area contributed by atoms with Crippen LogP contribution in [-0.4, -0.2) is 31.8 Å². The summed E-state index contributed by atoms with van der Waals surface area (Å²) in [7, 11) is 0. The third kappa shape index (κ3) is 5.77. The Hall–Kier alpha value is -2.53. The molecule has 5 nitrogen and oxygen atoms in total. The molecule has 1 amide bonds. The zero-order valence-electron chi connectivity index (χ0n) is 15.3. The van der Waals surface area contributed by atoms with E-state index in [2.05, 4.69) is 29.3 Å². The minimum absolute atomic E-state index is 0.110. The smallest absolute Gasteiger partial charge is 0.277 e. The molecule has 1 N–H and O–H groups in total. The number of hydrazone groups is 1. The predicted molar refractivity (Wildman–Crippen MR) is 107 cm³/mol. The van der Waals surface area contributed by atoms with E-state index in [9.17, 15) is 4.79 Å². The molecule has 0 heterocycles. The van der Waals surface area contributed by atoms with E-state index >= 15 is 0 Å². The lowest BCUT2D eigenvalue weighted by Gasteiger charge is -2.20. The van der Waals surface area contributed by atoms with Crippen LogP contribution in [-0.2, 0) is 4.79 Å². The highest BCUT2D eigenvalue weighted by atomic mass is 35.5. The zero-order valence-corrected chi connectivity index (χ0v) is 16.1. The van der Waals surface area contributed by atoms with Gasteiger partial charge in [-0.3, -0.25) is 4.79 Å². The summed E-state index contributed by atoms with van der Waals surface area (Å²) in [5.74, 6) is 0.302. The van der Waals surface area contributed by atoms with E-state index in [0.717, 1.165) is 24.2 Å². The number of carbonyl (C=O) groups is 1. The summed E-state index contributed by atoms with van der Waals surface area (Å²) in [5.41, 5.74) is 5.42. The highest BCUT2D eigenvalue weighted by molar-refractivity contribution is 6.30. The average molecular weight is 374 g/mol. The average Bonchev–Trinajstić information content (AvgIpc) is 2.63. The van der Waals surface area contributed by atoms with Gasteiger partial charge in [-0.05, 0) is 62.2 Å². The topological polar surface area (TPSA) is 53.9 Å². The highest BCUT2D eigenvalue weighted by Crippen LogP contribution is 2.21. The molecule has 0 saturated carbocycles. The maximum atomic E-state index is 11.8. The number of amides is 1. The van der Waals surface area contributed by atoms with Crippen LogP contribution in [0, 0.1) is 6.92 Å². The van der Waals surface area contributed by atoms with E-state index in [1.54, 1.807) is 24.4 Å². The number of hydrogen-bond acceptors (Lipinski definition) is 4. The lowest BCUT2D eigenvalue weighted by atomic mass is 10.2. The zero-order chi connectivity index (χ0) is 18.9. The van der Waals surface area contributed by atoms with Crippen molar-refractivity contribution >= 4 is 29.4 Å². The molecule has 6 heteroatoms. The Morgan fingerprint density at radius 3 is 2.50 bits per heavy atom. The van der Waals surface area contributed by atoms with Gasteiger partial charge in [0.2, 0.25) is 0 Å². The fourth-order valence-electron chi connectivity index (χ4n) is 2.49. The van der Waals surface area contributed by atoms with E-state index in [0.29, 0.717) is 10.8 Å². The molecule has 0 aliphatic heterocycles. The van der Waals surface area contributed by atoms with Gasteiger partial charge in [-0.25, -0.2) is 5.43 Å². The van der Waals surface area contributed by atoms with Gasteiger partial charge in [-0.2, -0.15) is 5.10 Å². The summed E-state index contributed by atoms with van der Waals surface area (Å²) in [6.07, 6.45) is 1.61. The van der Waals surface area contributed by atoms with Crippen LogP contribution in [0.4, 0.5) is 5.69 Å². The first kappa shape index (κ1) is 19.8. The Morgan fingerprint density at radius 2 is 1.88 bits per heavy atom. The van der Waals surface area contributed by atoms with Crippen molar-refractivity contribution < 1.29 is 9.53 Å². The van der Waals surface area contributed by atoms with Crippen molar-refractivity contribution in [2.45, 2.75) is 20.8 Å². The van der Waals surface area contributed by atoms with Crippen LogP contribution in [0.25, 0.3) is 0 Å². The number of ether oxygens (including phenoxy) is 1. The molecule has 0 atom stereocenters. The van der Waals surface area contributed by atoms with Crippen LogP contribution in [0.5, 0.6) is 5.75 Å². The van der Waals surface area contributed by atoms with Crippen LogP contribution in [0.15, 0.2) is 47.6 Å². The van der Waals surface area contributed by atoms with E-state index < -0.39 is 0 Å². The minimum Gasteiger partial charge on any atom is -0.483 e. The molecule has 26 heavy (non-hydrogen) atoms. The molecule has 0 spiro atoms. The number of nitrogens with one attached hydrogen (secondary N) is 1. The summed E-state index contributed by atoms with van der Waals surface area (Å²) in [4.78, 5) is 14.1. The van der Waals surface area contributed by atoms with Crippen LogP contribution in [0.2, 0.25) is 5.02 Å². The second kappa shape index (κ2) is 9.82. The Bertz CT molecular complexity index is 756. The first-order valence-electron chi connectivity index (χ1n) is 8.59. The van der Waals surface area contributed by atoms with Crippen molar-refractivity contribution in [2.24, 2.45) is 5.10 Å². The van der Waals surface area contributed by atoms with Crippen molar-refractivity contribution in [2.75, 3.05) is 24.6 Å². The Labute approximate surface area is 159 Å². The van der Waals surface area contributed by atoms with Gasteiger partial charge >= 0.3 is 0 Å². The van der Waals surface area contributed by atoms with Crippen molar-refractivity contribution in [1.82, 2.24) is 5.43 Å². The largest absolute Gasteiger partial charge is 0.483 e. The lowest BCUT2D eigenvalue weighted by Crippen LogP contribution is -2.24. The highest BCUT2D eigenvalue weighted by Gasteiger charge is 2.05. The number of hydrogen-bond donors (Lipinski definition) is 1. The molecule has 0 saturated heterocycles. The molecule has 0 aromatic heterocycles. The van der Waals surface area contributed by atoms with Crippen molar-refractivity contribution in [1.29, 1.82) is 0 Å². The van der Waals surface area contributed by atoms with E-state index in [1.807, 2.05) is 31.2 Å². The van der Waals surface area contributed by atoms with Gasteiger partial charge in [-0.1, -0.05) is 23.7 Å². The first-order valence-corrected chi connectivity index (χ1v) is 8.97. The van der Waals surface area contributed by atoms with E-state index in [1.165, 1.54) is 5.69 Å². The Morgan fingerprint density at radius 1 is 1.19 bits per heavy atom. The Balaban J connectivity index is 1.83. The summed E-state index contributed by atoms with van der Waals surface area (Å²) in [5, 5.41) is 4.60. The summed E-state index contributed by atoms with van der Waals surface area (Å²) in [6.45, 7) is 7.95. The van der Waals surface area contributed by atoms with Gasteiger partial charge in [0.05, 0.1) is 6.21 Å². The van der Waals surface area contributed by atoms with Gasteiger partial charge in [0.15, 0.2) is 6.61 Å².